The molecule has 122 valence electrons. The Morgan fingerprint density at radius 2 is 2.00 bits per heavy atom. The summed E-state index contributed by atoms with van der Waals surface area (Å²) >= 11 is 3.12. The molecule has 1 aromatic carbocycles. The summed E-state index contributed by atoms with van der Waals surface area (Å²) < 4.78 is 38.0. The van der Waals surface area contributed by atoms with E-state index >= 15 is 0 Å². The molecule has 22 heavy (non-hydrogen) atoms. The van der Waals surface area contributed by atoms with E-state index in [1.54, 1.807) is 0 Å². The minimum atomic E-state index is -3.77. The molecule has 3 N–H and O–H groups in total. The fourth-order valence-electron chi connectivity index (χ4n) is 2.74. The Morgan fingerprint density at radius 1 is 1.41 bits per heavy atom. The first-order chi connectivity index (χ1) is 10.2. The van der Waals surface area contributed by atoms with Gasteiger partial charge in [0.25, 0.3) is 5.91 Å². The lowest BCUT2D eigenvalue weighted by Gasteiger charge is -2.28. The third-order valence-corrected chi connectivity index (χ3v) is 5.53. The number of amides is 1. The van der Waals surface area contributed by atoms with Crippen LogP contribution in [0.15, 0.2) is 21.5 Å². The second-order valence-corrected chi connectivity index (χ2v) is 8.58. The lowest BCUT2D eigenvalue weighted by Crippen LogP contribution is -2.51. The maximum Gasteiger partial charge on any atom is 0.254 e. The Hall–Kier alpha value is -0.990. The fourth-order valence-corrected chi connectivity index (χ4v) is 4.13. The van der Waals surface area contributed by atoms with Crippen LogP contribution in [-0.2, 0) is 9.84 Å². The number of carbonyl (C=O) groups is 1. The van der Waals surface area contributed by atoms with Gasteiger partial charge in [-0.3, -0.25) is 4.79 Å². The average molecular weight is 393 g/mol. The minimum absolute atomic E-state index is 0.271. The van der Waals surface area contributed by atoms with Crippen LogP contribution in [0.2, 0.25) is 0 Å². The molecule has 0 heterocycles. The number of sulfone groups is 1. The van der Waals surface area contributed by atoms with Gasteiger partial charge in [0, 0.05) is 17.3 Å². The number of nitrogens with two attached hydrogens (primary N) is 1. The van der Waals surface area contributed by atoms with Gasteiger partial charge in [0.15, 0.2) is 15.7 Å². The number of rotatable bonds is 4. The van der Waals surface area contributed by atoms with E-state index in [1.165, 1.54) is 6.07 Å². The van der Waals surface area contributed by atoms with E-state index < -0.39 is 32.0 Å². The topological polar surface area (TPSA) is 89.3 Å². The Kier molecular flexibility index (Phi) is 4.93. The van der Waals surface area contributed by atoms with Crippen molar-refractivity contribution in [2.45, 2.75) is 36.1 Å². The summed E-state index contributed by atoms with van der Waals surface area (Å²) in [6, 6.07) is 2.42. The van der Waals surface area contributed by atoms with Crippen molar-refractivity contribution in [2.75, 3.05) is 12.8 Å². The van der Waals surface area contributed by atoms with Crippen molar-refractivity contribution in [3.63, 3.8) is 0 Å². The highest BCUT2D eigenvalue weighted by Gasteiger charge is 2.35. The zero-order valence-corrected chi connectivity index (χ0v) is 14.6. The predicted molar refractivity (Wildman–Crippen MR) is 84.9 cm³/mol. The van der Waals surface area contributed by atoms with E-state index in [0.717, 1.165) is 38.0 Å². The van der Waals surface area contributed by atoms with Crippen LogP contribution >= 0.6 is 15.9 Å². The minimum Gasteiger partial charge on any atom is -0.345 e. The first kappa shape index (κ1) is 17.4. The van der Waals surface area contributed by atoms with E-state index in [-0.39, 0.29) is 12.1 Å². The van der Waals surface area contributed by atoms with Crippen molar-refractivity contribution in [2.24, 2.45) is 5.73 Å². The average Bonchev–Trinajstić information content (AvgIpc) is 2.88. The number of hydrogen-bond acceptors (Lipinski definition) is 4. The highest BCUT2D eigenvalue weighted by Crippen LogP contribution is 2.30. The summed E-state index contributed by atoms with van der Waals surface area (Å²) in [5, 5.41) is 2.79. The molecule has 1 aromatic rings. The van der Waals surface area contributed by atoms with Crippen LogP contribution in [-0.4, -0.2) is 32.7 Å². The van der Waals surface area contributed by atoms with Gasteiger partial charge in [-0.25, -0.2) is 12.8 Å². The van der Waals surface area contributed by atoms with Crippen LogP contribution in [0.3, 0.4) is 0 Å². The number of carbonyl (C=O) groups excluding carboxylic acids is 1. The Labute approximate surface area is 137 Å². The molecule has 0 spiro atoms. The maximum atomic E-state index is 14.4. The van der Waals surface area contributed by atoms with E-state index in [9.17, 15) is 17.6 Å². The molecule has 1 amide bonds. The Balaban J connectivity index is 2.40. The lowest BCUT2D eigenvalue weighted by molar-refractivity contribution is 0.0898. The summed E-state index contributed by atoms with van der Waals surface area (Å²) in [6.45, 7) is 0.271. The molecule has 0 aromatic heterocycles. The van der Waals surface area contributed by atoms with Gasteiger partial charge in [0.1, 0.15) is 4.90 Å². The van der Waals surface area contributed by atoms with E-state index in [2.05, 4.69) is 21.2 Å². The van der Waals surface area contributed by atoms with E-state index in [1.807, 2.05) is 0 Å². The zero-order valence-electron chi connectivity index (χ0n) is 12.2. The van der Waals surface area contributed by atoms with Crippen molar-refractivity contribution in [3.05, 3.63) is 28.0 Å². The first-order valence-electron chi connectivity index (χ1n) is 6.90. The zero-order chi connectivity index (χ0) is 16.5. The van der Waals surface area contributed by atoms with Crippen LogP contribution in [0.25, 0.3) is 0 Å². The van der Waals surface area contributed by atoms with Gasteiger partial charge in [0.05, 0.1) is 11.1 Å². The van der Waals surface area contributed by atoms with Crippen LogP contribution in [0.1, 0.15) is 36.0 Å². The van der Waals surface area contributed by atoms with E-state index in [0.29, 0.717) is 4.47 Å². The van der Waals surface area contributed by atoms with Crippen molar-refractivity contribution < 1.29 is 17.6 Å². The molecule has 0 saturated heterocycles. The highest BCUT2D eigenvalue weighted by molar-refractivity contribution is 9.10. The number of hydrogen-bond donors (Lipinski definition) is 2. The second kappa shape index (κ2) is 6.25. The molecule has 1 fully saturated rings. The fraction of sp³-hybridized carbons (Fsp3) is 0.500. The molecule has 1 aliphatic carbocycles. The Morgan fingerprint density at radius 3 is 2.50 bits per heavy atom. The molecule has 1 saturated carbocycles. The second-order valence-electron chi connectivity index (χ2n) is 5.68. The summed E-state index contributed by atoms with van der Waals surface area (Å²) in [6.07, 6.45) is 4.28. The van der Waals surface area contributed by atoms with Crippen LogP contribution in [0.5, 0.6) is 0 Å². The molecule has 0 atom stereocenters. The molecular formula is C14H18BrFN2O3S. The number of nitrogens with one attached hydrogen (secondary N) is 1. The van der Waals surface area contributed by atoms with Gasteiger partial charge in [-0.1, -0.05) is 28.8 Å². The normalized spacial score (nSPS) is 17.5. The Bertz CT molecular complexity index is 700. The largest absolute Gasteiger partial charge is 0.345 e. The van der Waals surface area contributed by atoms with Crippen molar-refractivity contribution in [1.29, 1.82) is 0 Å². The van der Waals surface area contributed by atoms with Gasteiger partial charge >= 0.3 is 0 Å². The van der Waals surface area contributed by atoms with Crippen molar-refractivity contribution in [1.82, 2.24) is 5.32 Å². The van der Waals surface area contributed by atoms with Gasteiger partial charge in [-0.05, 0) is 25.0 Å². The van der Waals surface area contributed by atoms with Crippen molar-refractivity contribution in [3.8, 4) is 0 Å². The van der Waals surface area contributed by atoms with Crippen LogP contribution in [0, 0.1) is 5.82 Å². The molecule has 0 radical (unpaired) electrons. The third-order valence-electron chi connectivity index (χ3n) is 3.98. The van der Waals surface area contributed by atoms with Gasteiger partial charge in [-0.15, -0.1) is 0 Å². The van der Waals surface area contributed by atoms with Gasteiger partial charge in [-0.2, -0.15) is 0 Å². The monoisotopic (exact) mass is 392 g/mol. The smallest absolute Gasteiger partial charge is 0.254 e. The number of halogens is 2. The predicted octanol–water partition coefficient (Wildman–Crippen LogP) is 1.99. The summed E-state index contributed by atoms with van der Waals surface area (Å²) in [5.74, 6) is -1.68. The lowest BCUT2D eigenvalue weighted by atomic mass is 9.97. The number of benzene rings is 1. The van der Waals surface area contributed by atoms with Crippen LogP contribution in [0.4, 0.5) is 4.39 Å². The molecule has 1 aliphatic rings. The van der Waals surface area contributed by atoms with Crippen LogP contribution < -0.4 is 11.1 Å². The molecule has 0 bridgehead atoms. The van der Waals surface area contributed by atoms with Crippen molar-refractivity contribution >= 4 is 31.7 Å². The van der Waals surface area contributed by atoms with E-state index in [4.69, 9.17) is 5.73 Å². The highest BCUT2D eigenvalue weighted by atomic mass is 79.9. The molecule has 0 unspecified atom stereocenters. The maximum absolute atomic E-state index is 14.4. The van der Waals surface area contributed by atoms with Gasteiger partial charge in [0.2, 0.25) is 0 Å². The van der Waals surface area contributed by atoms with Gasteiger partial charge < -0.3 is 11.1 Å². The summed E-state index contributed by atoms with van der Waals surface area (Å²) in [7, 11) is -3.77. The first-order valence-corrected chi connectivity index (χ1v) is 9.59. The quantitative estimate of drug-likeness (QED) is 0.819. The molecule has 5 nitrogen and oxygen atoms in total. The SMILES string of the molecule is CS(=O)(=O)c1cc(Br)cc(C(=O)NC2(CN)CCCC2)c1F. The third kappa shape index (κ3) is 3.49. The molecule has 2 rings (SSSR count). The molecule has 8 heteroatoms. The summed E-state index contributed by atoms with van der Waals surface area (Å²) in [5.41, 5.74) is 4.92. The summed E-state index contributed by atoms with van der Waals surface area (Å²) in [4.78, 5) is 11.9. The molecule has 0 aliphatic heterocycles. The molecular weight excluding hydrogens is 375 g/mol. The standard InChI is InChI=1S/C14H18BrFN2O3S/c1-22(20,21)11-7-9(15)6-10(12(11)16)13(19)18-14(8-17)4-2-3-5-14/h6-7H,2-5,8,17H2,1H3,(H,18,19).